The normalized spacial score (nSPS) is 27.8. The van der Waals surface area contributed by atoms with Gasteiger partial charge >= 0.3 is 0 Å². The number of hydrogen-bond acceptors (Lipinski definition) is 3. The van der Waals surface area contributed by atoms with E-state index >= 15 is 0 Å². The van der Waals surface area contributed by atoms with Crippen molar-refractivity contribution in [3.05, 3.63) is 0 Å². The molecule has 2 fully saturated rings. The topological polar surface area (TPSA) is 52.7 Å². The van der Waals surface area contributed by atoms with Gasteiger partial charge in [0.2, 0.25) is 0 Å². The summed E-state index contributed by atoms with van der Waals surface area (Å²) in [5.74, 6) is 0.653. The third kappa shape index (κ3) is 3.72. The van der Waals surface area contributed by atoms with Gasteiger partial charge in [-0.2, -0.15) is 17.0 Å². The van der Waals surface area contributed by atoms with Gasteiger partial charge in [0.1, 0.15) is 0 Å². The summed E-state index contributed by atoms with van der Waals surface area (Å²) in [5, 5.41) is 3.31. The predicted octanol–water partition coefficient (Wildman–Crippen LogP) is 1.43. The smallest absolute Gasteiger partial charge is 0.282 e. The lowest BCUT2D eigenvalue weighted by molar-refractivity contribution is 0.210. The van der Waals surface area contributed by atoms with E-state index in [0.29, 0.717) is 25.6 Å². The Morgan fingerprint density at radius 1 is 1.10 bits per heavy atom. The van der Waals surface area contributed by atoms with E-state index in [9.17, 15) is 8.42 Å². The molecule has 2 heterocycles. The Balaban J connectivity index is 2.05. The number of rotatable bonds is 5. The zero-order valence-corrected chi connectivity index (χ0v) is 13.7. The Bertz CT molecular complexity index is 391. The molecule has 0 aromatic carbocycles. The molecule has 5 nitrogen and oxygen atoms in total. The first-order valence-corrected chi connectivity index (χ1v) is 9.43. The molecule has 118 valence electrons. The molecule has 0 aromatic heterocycles. The average molecular weight is 303 g/mol. The van der Waals surface area contributed by atoms with Crippen LogP contribution in [0.4, 0.5) is 0 Å². The molecule has 2 saturated heterocycles. The van der Waals surface area contributed by atoms with Crippen molar-refractivity contribution in [2.24, 2.45) is 5.92 Å². The maximum atomic E-state index is 12.8. The van der Waals surface area contributed by atoms with Gasteiger partial charge in [-0.15, -0.1) is 0 Å². The van der Waals surface area contributed by atoms with E-state index in [1.165, 1.54) is 0 Å². The van der Waals surface area contributed by atoms with Crippen molar-refractivity contribution < 1.29 is 8.42 Å². The molecule has 2 aliphatic rings. The highest BCUT2D eigenvalue weighted by Gasteiger charge is 2.37. The minimum atomic E-state index is -3.26. The third-order valence-electron chi connectivity index (χ3n) is 4.57. The Labute approximate surface area is 123 Å². The first kappa shape index (κ1) is 16.2. The van der Waals surface area contributed by atoms with Crippen molar-refractivity contribution >= 4 is 10.2 Å². The van der Waals surface area contributed by atoms with Crippen LogP contribution < -0.4 is 5.32 Å². The molecule has 0 bridgehead atoms. The van der Waals surface area contributed by atoms with Crippen molar-refractivity contribution in [3.63, 3.8) is 0 Å². The fourth-order valence-corrected chi connectivity index (χ4v) is 5.04. The number of likely N-dealkylation sites (N-methyl/N-ethyl adjacent to an activating group) is 1. The Morgan fingerprint density at radius 3 is 2.45 bits per heavy atom. The van der Waals surface area contributed by atoms with Crippen LogP contribution in [0.1, 0.15) is 46.0 Å². The van der Waals surface area contributed by atoms with Gasteiger partial charge in [0.15, 0.2) is 0 Å². The van der Waals surface area contributed by atoms with Gasteiger partial charge in [0.25, 0.3) is 10.2 Å². The number of hydrogen-bond donors (Lipinski definition) is 1. The summed E-state index contributed by atoms with van der Waals surface area (Å²) in [6.45, 7) is 8.00. The second kappa shape index (κ2) is 7.20. The van der Waals surface area contributed by atoms with Crippen LogP contribution in [0.15, 0.2) is 0 Å². The Kier molecular flexibility index (Phi) is 5.84. The zero-order valence-electron chi connectivity index (χ0n) is 12.8. The largest absolute Gasteiger partial charge is 0.315 e. The maximum absolute atomic E-state index is 12.8. The van der Waals surface area contributed by atoms with E-state index in [0.717, 1.165) is 45.2 Å². The zero-order chi connectivity index (χ0) is 14.6. The Morgan fingerprint density at radius 2 is 1.80 bits per heavy atom. The maximum Gasteiger partial charge on any atom is 0.282 e. The molecule has 2 aliphatic heterocycles. The summed E-state index contributed by atoms with van der Waals surface area (Å²) < 4.78 is 29.2. The van der Waals surface area contributed by atoms with Gasteiger partial charge in [0, 0.05) is 32.2 Å². The van der Waals surface area contributed by atoms with E-state index in [1.54, 1.807) is 8.61 Å². The van der Waals surface area contributed by atoms with Gasteiger partial charge in [-0.3, -0.25) is 0 Å². The second-order valence-corrected chi connectivity index (χ2v) is 8.04. The molecule has 0 saturated carbocycles. The predicted molar refractivity (Wildman–Crippen MR) is 81.8 cm³/mol. The first-order chi connectivity index (χ1) is 9.55. The van der Waals surface area contributed by atoms with Crippen molar-refractivity contribution in [2.75, 3.05) is 32.7 Å². The molecule has 6 heteroatoms. The average Bonchev–Trinajstić information content (AvgIpc) is 2.46. The molecule has 0 radical (unpaired) electrons. The lowest BCUT2D eigenvalue weighted by Crippen LogP contribution is -2.54. The van der Waals surface area contributed by atoms with E-state index in [4.69, 9.17) is 0 Å². The summed E-state index contributed by atoms with van der Waals surface area (Å²) in [6.07, 6.45) is 5.09. The van der Waals surface area contributed by atoms with Crippen molar-refractivity contribution in [2.45, 2.75) is 52.0 Å². The highest BCUT2D eigenvalue weighted by atomic mass is 32.2. The van der Waals surface area contributed by atoms with Crippen LogP contribution in [-0.4, -0.2) is 55.8 Å². The quantitative estimate of drug-likeness (QED) is 0.836. The number of nitrogens with one attached hydrogen (secondary N) is 1. The van der Waals surface area contributed by atoms with Crippen LogP contribution in [0.2, 0.25) is 0 Å². The van der Waals surface area contributed by atoms with Crippen LogP contribution >= 0.6 is 0 Å². The Hall–Kier alpha value is -0.170. The first-order valence-electron chi connectivity index (χ1n) is 8.03. The van der Waals surface area contributed by atoms with Crippen LogP contribution in [0.25, 0.3) is 0 Å². The molecule has 0 amide bonds. The highest BCUT2D eigenvalue weighted by Crippen LogP contribution is 2.26. The second-order valence-electron chi connectivity index (χ2n) is 6.16. The van der Waals surface area contributed by atoms with Gasteiger partial charge < -0.3 is 5.32 Å². The molecular formula is C14H29N3O2S. The molecule has 1 N–H and O–H groups in total. The van der Waals surface area contributed by atoms with Crippen LogP contribution in [0, 0.1) is 5.92 Å². The molecule has 1 atom stereocenters. The summed E-state index contributed by atoms with van der Waals surface area (Å²) in [7, 11) is -3.26. The molecule has 0 aromatic rings. The van der Waals surface area contributed by atoms with Gasteiger partial charge in [-0.25, -0.2) is 0 Å². The minimum Gasteiger partial charge on any atom is -0.315 e. The summed E-state index contributed by atoms with van der Waals surface area (Å²) in [4.78, 5) is 0. The third-order valence-corrected chi connectivity index (χ3v) is 6.66. The van der Waals surface area contributed by atoms with Gasteiger partial charge in [-0.05, 0) is 38.1 Å². The summed E-state index contributed by atoms with van der Waals surface area (Å²) in [5.41, 5.74) is 0. The SMILES string of the molecule is CCNCC1CCCCN1S(=O)(=O)N1CCC(C)CC1. The van der Waals surface area contributed by atoms with Gasteiger partial charge in [-0.1, -0.05) is 20.3 Å². The fourth-order valence-electron chi connectivity index (χ4n) is 3.16. The number of piperidine rings is 2. The molecule has 2 rings (SSSR count). The highest BCUT2D eigenvalue weighted by molar-refractivity contribution is 7.86. The lowest BCUT2D eigenvalue weighted by Gasteiger charge is -2.39. The van der Waals surface area contributed by atoms with Crippen molar-refractivity contribution in [1.29, 1.82) is 0 Å². The molecule has 1 unspecified atom stereocenters. The van der Waals surface area contributed by atoms with E-state index in [1.807, 2.05) is 0 Å². The van der Waals surface area contributed by atoms with Crippen LogP contribution in [0.3, 0.4) is 0 Å². The van der Waals surface area contributed by atoms with Crippen molar-refractivity contribution in [3.8, 4) is 0 Å². The number of nitrogens with zero attached hydrogens (tertiary/aromatic N) is 2. The van der Waals surface area contributed by atoms with Crippen molar-refractivity contribution in [1.82, 2.24) is 13.9 Å². The minimum absolute atomic E-state index is 0.132. The monoisotopic (exact) mass is 303 g/mol. The van der Waals surface area contributed by atoms with E-state index in [-0.39, 0.29) is 6.04 Å². The molecule has 20 heavy (non-hydrogen) atoms. The van der Waals surface area contributed by atoms with E-state index < -0.39 is 10.2 Å². The van der Waals surface area contributed by atoms with Gasteiger partial charge in [0.05, 0.1) is 0 Å². The van der Waals surface area contributed by atoms with Crippen LogP contribution in [-0.2, 0) is 10.2 Å². The van der Waals surface area contributed by atoms with Crippen LogP contribution in [0.5, 0.6) is 0 Å². The fraction of sp³-hybridized carbons (Fsp3) is 1.00. The summed E-state index contributed by atoms with van der Waals surface area (Å²) in [6, 6.07) is 0.132. The standard InChI is InChI=1S/C14H29N3O2S/c1-3-15-12-14-6-4-5-9-17(14)20(18,19)16-10-7-13(2)8-11-16/h13-15H,3-12H2,1-2H3. The van der Waals surface area contributed by atoms with E-state index in [2.05, 4.69) is 19.2 Å². The molecule has 0 aliphatic carbocycles. The molecule has 0 spiro atoms. The summed E-state index contributed by atoms with van der Waals surface area (Å²) >= 11 is 0. The molecular weight excluding hydrogens is 274 g/mol. The lowest BCUT2D eigenvalue weighted by atomic mass is 10.0.